The van der Waals surface area contributed by atoms with Gasteiger partial charge in [0.05, 0.1) is 18.4 Å². The van der Waals surface area contributed by atoms with E-state index < -0.39 is 11.8 Å². The topological polar surface area (TPSA) is 81.4 Å². The number of ketones is 1. The highest BCUT2D eigenvalue weighted by Gasteiger charge is 2.44. The van der Waals surface area contributed by atoms with Crippen LogP contribution in [0.5, 0.6) is 0 Å². The van der Waals surface area contributed by atoms with E-state index in [1.807, 2.05) is 30.3 Å². The van der Waals surface area contributed by atoms with Crippen molar-refractivity contribution in [1.29, 1.82) is 0 Å². The second kappa shape index (κ2) is 7.40. The van der Waals surface area contributed by atoms with Crippen LogP contribution >= 0.6 is 0 Å². The first-order valence-electron chi connectivity index (χ1n) is 8.07. The van der Waals surface area contributed by atoms with Crippen LogP contribution in [0.4, 0.5) is 0 Å². The summed E-state index contributed by atoms with van der Waals surface area (Å²) in [6.07, 6.45) is 2.54. The first-order valence-corrected chi connectivity index (χ1v) is 8.07. The molecule has 3 unspecified atom stereocenters. The lowest BCUT2D eigenvalue weighted by Crippen LogP contribution is -2.49. The number of ether oxygens (including phenoxy) is 1. The molecule has 0 bridgehead atoms. The summed E-state index contributed by atoms with van der Waals surface area (Å²) in [5, 5.41) is 3.27. The van der Waals surface area contributed by atoms with Crippen LogP contribution in [0.25, 0.3) is 0 Å². The molecule has 3 rings (SSSR count). The van der Waals surface area contributed by atoms with Crippen molar-refractivity contribution in [3.05, 3.63) is 54.2 Å². The van der Waals surface area contributed by atoms with E-state index in [1.165, 1.54) is 12.7 Å². The van der Waals surface area contributed by atoms with Gasteiger partial charge < -0.3 is 14.5 Å². The molecule has 3 atom stereocenters. The van der Waals surface area contributed by atoms with E-state index in [4.69, 9.17) is 9.15 Å². The van der Waals surface area contributed by atoms with E-state index in [0.717, 1.165) is 5.56 Å². The number of hydrogen-bond acceptors (Lipinski definition) is 6. The minimum absolute atomic E-state index is 0.125. The molecule has 6 heteroatoms. The number of benzene rings is 1. The molecule has 0 spiro atoms. The number of nitrogens with zero attached hydrogens (tertiary/aromatic N) is 1. The summed E-state index contributed by atoms with van der Waals surface area (Å²) < 4.78 is 10.2. The van der Waals surface area contributed by atoms with Crippen LogP contribution in [0.2, 0.25) is 0 Å². The molecule has 1 aliphatic heterocycles. The van der Waals surface area contributed by atoms with Crippen LogP contribution in [-0.4, -0.2) is 36.4 Å². The van der Waals surface area contributed by atoms with Gasteiger partial charge in [0.15, 0.2) is 12.2 Å². The number of nitrogens with one attached hydrogen (secondary N) is 1. The Bertz CT molecular complexity index is 684. The molecule has 6 nitrogen and oxygen atoms in total. The molecule has 0 saturated carbocycles. The third-order valence-corrected chi connectivity index (χ3v) is 4.40. The zero-order chi connectivity index (χ0) is 16.9. The highest BCUT2D eigenvalue weighted by atomic mass is 16.5. The van der Waals surface area contributed by atoms with Gasteiger partial charge in [0.25, 0.3) is 0 Å². The molecule has 1 N–H and O–H groups in total. The number of carbonyl (C=O) groups excluding carboxylic acids is 2. The van der Waals surface area contributed by atoms with Crippen LogP contribution in [0.1, 0.15) is 28.9 Å². The molecule has 2 aromatic rings. The Balaban J connectivity index is 1.94. The number of esters is 1. The Morgan fingerprint density at radius 2 is 2.08 bits per heavy atom. The number of piperidine rings is 1. The molecule has 1 saturated heterocycles. The lowest BCUT2D eigenvalue weighted by atomic mass is 9.73. The van der Waals surface area contributed by atoms with Crippen molar-refractivity contribution >= 4 is 11.8 Å². The molecule has 0 amide bonds. The quantitative estimate of drug-likeness (QED) is 0.668. The molecule has 1 fully saturated rings. The zero-order valence-corrected chi connectivity index (χ0v) is 13.5. The highest BCUT2D eigenvalue weighted by Crippen LogP contribution is 2.35. The third-order valence-electron chi connectivity index (χ3n) is 4.40. The molecular formula is C18H20N2O4. The first-order chi connectivity index (χ1) is 11.7. The molecule has 0 radical (unpaired) electrons. The van der Waals surface area contributed by atoms with Gasteiger partial charge in [-0.2, -0.15) is 0 Å². The van der Waals surface area contributed by atoms with Gasteiger partial charge in [-0.05, 0) is 12.5 Å². The lowest BCUT2D eigenvalue weighted by molar-refractivity contribution is -0.151. The molecule has 2 heterocycles. The minimum atomic E-state index is -0.544. The maximum absolute atomic E-state index is 12.8. The van der Waals surface area contributed by atoms with Crippen molar-refractivity contribution in [2.24, 2.45) is 11.8 Å². The van der Waals surface area contributed by atoms with Gasteiger partial charge in [0, 0.05) is 19.0 Å². The van der Waals surface area contributed by atoms with Crippen molar-refractivity contribution in [1.82, 2.24) is 10.3 Å². The Hall–Kier alpha value is -2.47. The number of hydrogen-bond donors (Lipinski definition) is 1. The molecule has 1 aromatic heterocycles. The number of Topliss-reactive ketones (excluding diaryl/α,β-unsaturated/α-hetero) is 1. The van der Waals surface area contributed by atoms with Gasteiger partial charge >= 0.3 is 5.97 Å². The van der Waals surface area contributed by atoms with E-state index >= 15 is 0 Å². The fraction of sp³-hybridized carbons (Fsp3) is 0.389. The third kappa shape index (κ3) is 3.23. The van der Waals surface area contributed by atoms with E-state index in [2.05, 4.69) is 10.3 Å². The van der Waals surface area contributed by atoms with Gasteiger partial charge in [0.2, 0.25) is 0 Å². The summed E-state index contributed by atoms with van der Waals surface area (Å²) in [5.41, 5.74) is 1.26. The summed E-state index contributed by atoms with van der Waals surface area (Å²) >= 11 is 0. The minimum Gasteiger partial charge on any atom is -0.466 e. The summed E-state index contributed by atoms with van der Waals surface area (Å²) in [4.78, 5) is 29.3. The van der Waals surface area contributed by atoms with Crippen molar-refractivity contribution in [3.63, 3.8) is 0 Å². The van der Waals surface area contributed by atoms with E-state index in [0.29, 0.717) is 13.1 Å². The van der Waals surface area contributed by atoms with Crippen LogP contribution in [0.15, 0.2) is 47.4 Å². The largest absolute Gasteiger partial charge is 0.466 e. The molecular weight excluding hydrogens is 308 g/mol. The SMILES string of the molecule is CCOC(=O)C1C(C(=O)c2cocn2)CNCC1c1ccccc1. The predicted octanol–water partition coefficient (Wildman–Crippen LogP) is 2.04. The van der Waals surface area contributed by atoms with Crippen molar-refractivity contribution in [3.8, 4) is 0 Å². The van der Waals surface area contributed by atoms with E-state index in [9.17, 15) is 9.59 Å². The monoisotopic (exact) mass is 328 g/mol. The van der Waals surface area contributed by atoms with E-state index in [1.54, 1.807) is 6.92 Å². The summed E-state index contributed by atoms with van der Waals surface area (Å²) in [6, 6.07) is 9.74. The number of rotatable bonds is 5. The van der Waals surface area contributed by atoms with Crippen molar-refractivity contribution in [2.75, 3.05) is 19.7 Å². The first kappa shape index (κ1) is 16.4. The highest BCUT2D eigenvalue weighted by molar-refractivity contribution is 5.98. The van der Waals surface area contributed by atoms with Crippen LogP contribution in [-0.2, 0) is 9.53 Å². The van der Waals surface area contributed by atoms with Gasteiger partial charge in [-0.15, -0.1) is 0 Å². The fourth-order valence-corrected chi connectivity index (χ4v) is 3.30. The average molecular weight is 328 g/mol. The summed E-state index contributed by atoms with van der Waals surface area (Å²) in [7, 11) is 0. The second-order valence-corrected chi connectivity index (χ2v) is 5.80. The Morgan fingerprint density at radius 3 is 2.75 bits per heavy atom. The smallest absolute Gasteiger partial charge is 0.310 e. The Labute approximate surface area is 140 Å². The normalized spacial score (nSPS) is 23.6. The Morgan fingerprint density at radius 1 is 1.29 bits per heavy atom. The molecule has 1 aliphatic rings. The summed E-state index contributed by atoms with van der Waals surface area (Å²) in [5.74, 6) is -1.74. The number of oxazole rings is 1. The standard InChI is InChI=1S/C18H20N2O4/c1-2-24-18(22)16-13(12-6-4-3-5-7-12)8-19-9-14(16)17(21)15-10-23-11-20-15/h3-7,10-11,13-14,16,19H,2,8-9H2,1H3. The summed E-state index contributed by atoms with van der Waals surface area (Å²) in [6.45, 7) is 3.09. The van der Waals surface area contributed by atoms with Crippen molar-refractivity contribution in [2.45, 2.75) is 12.8 Å². The van der Waals surface area contributed by atoms with Crippen molar-refractivity contribution < 1.29 is 18.7 Å². The maximum Gasteiger partial charge on any atom is 0.310 e. The molecule has 1 aromatic carbocycles. The second-order valence-electron chi connectivity index (χ2n) is 5.80. The number of aromatic nitrogens is 1. The van der Waals surface area contributed by atoms with Gasteiger partial charge in [-0.3, -0.25) is 9.59 Å². The zero-order valence-electron chi connectivity index (χ0n) is 13.5. The molecule has 24 heavy (non-hydrogen) atoms. The Kier molecular flexibility index (Phi) is 5.05. The molecule has 126 valence electrons. The fourth-order valence-electron chi connectivity index (χ4n) is 3.30. The number of carbonyl (C=O) groups is 2. The van der Waals surface area contributed by atoms with Gasteiger partial charge in [-0.1, -0.05) is 30.3 Å². The van der Waals surface area contributed by atoms with Crippen LogP contribution in [0, 0.1) is 11.8 Å². The maximum atomic E-state index is 12.8. The lowest BCUT2D eigenvalue weighted by Gasteiger charge is -2.36. The molecule has 0 aliphatic carbocycles. The van der Waals surface area contributed by atoms with Gasteiger partial charge in [0.1, 0.15) is 12.0 Å². The van der Waals surface area contributed by atoms with Gasteiger partial charge in [-0.25, -0.2) is 4.98 Å². The van der Waals surface area contributed by atoms with E-state index in [-0.39, 0.29) is 30.0 Å². The van der Waals surface area contributed by atoms with Crippen LogP contribution < -0.4 is 5.32 Å². The van der Waals surface area contributed by atoms with Crippen LogP contribution in [0.3, 0.4) is 0 Å². The average Bonchev–Trinajstić information content (AvgIpc) is 3.16. The predicted molar refractivity (Wildman–Crippen MR) is 86.5 cm³/mol.